The maximum absolute atomic E-state index is 12.1. The van der Waals surface area contributed by atoms with E-state index in [0.29, 0.717) is 12.6 Å². The van der Waals surface area contributed by atoms with Crippen molar-refractivity contribution in [2.45, 2.75) is 32.2 Å². The van der Waals surface area contributed by atoms with Crippen molar-refractivity contribution in [3.05, 3.63) is 60.3 Å². The fraction of sp³-hybridized carbons (Fsp3) is 0.308. The Kier molecular flexibility index (Phi) is 6.24. The molecule has 1 aliphatic rings. The molecule has 2 aromatic heterocycles. The lowest BCUT2D eigenvalue weighted by Gasteiger charge is -2.06. The number of nitrogens with zero attached hydrogens (tertiary/aromatic N) is 1. The van der Waals surface area contributed by atoms with E-state index in [1.165, 1.54) is 6.42 Å². The lowest BCUT2D eigenvalue weighted by molar-refractivity contribution is -0.115. The summed E-state index contributed by atoms with van der Waals surface area (Å²) >= 11 is 0. The van der Waals surface area contributed by atoms with Crippen LogP contribution in [0.25, 0.3) is 33.4 Å². The molecule has 170 valence electrons. The summed E-state index contributed by atoms with van der Waals surface area (Å²) in [7, 11) is 0. The molecule has 1 saturated heterocycles. The van der Waals surface area contributed by atoms with Crippen LogP contribution in [0, 0.1) is 0 Å². The first-order chi connectivity index (χ1) is 16.2. The number of anilines is 1. The average Bonchev–Trinajstić information content (AvgIpc) is 3.59. The largest absolute Gasteiger partial charge is 0.355 e. The van der Waals surface area contributed by atoms with Crippen LogP contribution in [0.3, 0.4) is 0 Å². The van der Waals surface area contributed by atoms with Crippen LogP contribution in [0.4, 0.5) is 5.69 Å². The Morgan fingerprint density at radius 2 is 1.94 bits per heavy atom. The van der Waals surface area contributed by atoms with E-state index in [4.69, 9.17) is 0 Å². The highest BCUT2D eigenvalue weighted by Crippen LogP contribution is 2.29. The van der Waals surface area contributed by atoms with Gasteiger partial charge in [0, 0.05) is 33.9 Å². The molecule has 7 heteroatoms. The summed E-state index contributed by atoms with van der Waals surface area (Å²) in [6.07, 6.45) is 3.37. The summed E-state index contributed by atoms with van der Waals surface area (Å²) in [5.74, 6) is -0.0283. The number of fused-ring (bicyclic) bond motifs is 1. The van der Waals surface area contributed by atoms with Gasteiger partial charge >= 0.3 is 0 Å². The van der Waals surface area contributed by atoms with Crippen LogP contribution in [0.5, 0.6) is 0 Å². The Hall–Kier alpha value is -3.42. The molecule has 0 aliphatic carbocycles. The highest BCUT2D eigenvalue weighted by atomic mass is 16.1. The topological polar surface area (TPSA) is 97.6 Å². The van der Waals surface area contributed by atoms with Gasteiger partial charge < -0.3 is 20.9 Å². The zero-order chi connectivity index (χ0) is 22.6. The molecule has 0 spiro atoms. The molecule has 7 nitrogen and oxygen atoms in total. The molecule has 5 rings (SSSR count). The van der Waals surface area contributed by atoms with Crippen LogP contribution in [-0.2, 0) is 4.79 Å². The molecule has 0 unspecified atom stereocenters. The third-order valence-corrected chi connectivity index (χ3v) is 6.14. The summed E-state index contributed by atoms with van der Waals surface area (Å²) in [5, 5.41) is 18.4. The number of carbonyl (C=O) groups excluding carboxylic acids is 1. The first-order valence-electron chi connectivity index (χ1n) is 11.7. The fourth-order valence-electron chi connectivity index (χ4n) is 4.38. The molecule has 0 radical (unpaired) electrons. The predicted octanol–water partition coefficient (Wildman–Crippen LogP) is 4.59. The summed E-state index contributed by atoms with van der Waals surface area (Å²) in [6.45, 7) is 4.32. The van der Waals surface area contributed by atoms with Crippen molar-refractivity contribution < 1.29 is 4.79 Å². The molecule has 0 saturated carbocycles. The lowest BCUT2D eigenvalue weighted by Crippen LogP contribution is -2.28. The SMILES string of the molecule is CCCNCC(=O)Nc1ccc2[nH]c(-c3ccc(-c4cc([C@@H]5CCCN5)[nH]n4)cc3)cc2c1. The van der Waals surface area contributed by atoms with Crippen LogP contribution >= 0.6 is 0 Å². The number of carbonyl (C=O) groups is 1. The van der Waals surface area contributed by atoms with Crippen molar-refractivity contribution in [2.75, 3.05) is 25.0 Å². The molecule has 1 aliphatic heterocycles. The standard InChI is InChI=1S/C26H30N6O/c1-2-11-27-16-26(33)29-20-9-10-21-19(13-20)14-23(30-21)17-5-7-18(8-6-17)24-15-25(32-31-24)22-4-3-12-28-22/h5-10,13-15,22,27-28,30H,2-4,11-12,16H2,1H3,(H,29,33)(H,31,32)/t22-/m0/s1. The van der Waals surface area contributed by atoms with E-state index in [9.17, 15) is 4.79 Å². The van der Waals surface area contributed by atoms with Gasteiger partial charge in [-0.2, -0.15) is 5.10 Å². The highest BCUT2D eigenvalue weighted by molar-refractivity contribution is 5.96. The number of H-pyrrole nitrogens is 2. The van der Waals surface area contributed by atoms with Gasteiger partial charge in [0.1, 0.15) is 0 Å². The van der Waals surface area contributed by atoms with Crippen molar-refractivity contribution in [3.63, 3.8) is 0 Å². The van der Waals surface area contributed by atoms with Crippen LogP contribution in [0.15, 0.2) is 54.6 Å². The monoisotopic (exact) mass is 442 g/mol. The number of aromatic amines is 2. The molecular weight excluding hydrogens is 412 g/mol. The normalized spacial score (nSPS) is 15.8. The molecule has 4 aromatic rings. The van der Waals surface area contributed by atoms with Crippen molar-refractivity contribution in [3.8, 4) is 22.5 Å². The Balaban J connectivity index is 1.29. The van der Waals surface area contributed by atoms with Gasteiger partial charge in [0.15, 0.2) is 0 Å². The van der Waals surface area contributed by atoms with E-state index < -0.39 is 0 Å². The average molecular weight is 443 g/mol. The molecule has 3 heterocycles. The molecule has 1 amide bonds. The van der Waals surface area contributed by atoms with Crippen molar-refractivity contribution in [1.82, 2.24) is 25.8 Å². The van der Waals surface area contributed by atoms with Crippen LogP contribution in [-0.4, -0.2) is 40.7 Å². The minimum Gasteiger partial charge on any atom is -0.355 e. The Morgan fingerprint density at radius 3 is 2.73 bits per heavy atom. The van der Waals surface area contributed by atoms with Gasteiger partial charge in [0.2, 0.25) is 5.91 Å². The quantitative estimate of drug-likeness (QED) is 0.258. The van der Waals surface area contributed by atoms with E-state index in [-0.39, 0.29) is 5.91 Å². The van der Waals surface area contributed by atoms with E-state index in [1.807, 2.05) is 18.2 Å². The van der Waals surface area contributed by atoms with Crippen molar-refractivity contribution >= 4 is 22.5 Å². The van der Waals surface area contributed by atoms with Gasteiger partial charge in [-0.1, -0.05) is 31.2 Å². The van der Waals surface area contributed by atoms with Gasteiger partial charge in [-0.25, -0.2) is 0 Å². The van der Waals surface area contributed by atoms with Crippen LogP contribution in [0.1, 0.15) is 37.9 Å². The van der Waals surface area contributed by atoms with E-state index in [0.717, 1.165) is 70.7 Å². The second-order valence-electron chi connectivity index (χ2n) is 8.64. The van der Waals surface area contributed by atoms with Gasteiger partial charge in [-0.15, -0.1) is 0 Å². The zero-order valence-corrected chi connectivity index (χ0v) is 18.9. The number of hydrogen-bond donors (Lipinski definition) is 5. The van der Waals surface area contributed by atoms with Crippen LogP contribution < -0.4 is 16.0 Å². The van der Waals surface area contributed by atoms with Crippen molar-refractivity contribution in [1.29, 1.82) is 0 Å². The van der Waals surface area contributed by atoms with Gasteiger partial charge in [0.05, 0.1) is 17.9 Å². The third kappa shape index (κ3) is 4.84. The second-order valence-corrected chi connectivity index (χ2v) is 8.64. The number of amides is 1. The second kappa shape index (κ2) is 9.60. The minimum atomic E-state index is -0.0283. The molecule has 0 bridgehead atoms. The number of nitrogens with one attached hydrogen (secondary N) is 5. The molecule has 5 N–H and O–H groups in total. The highest BCUT2D eigenvalue weighted by Gasteiger charge is 2.18. The molecule has 33 heavy (non-hydrogen) atoms. The van der Waals surface area contributed by atoms with Gasteiger partial charge in [-0.3, -0.25) is 9.89 Å². The number of aromatic nitrogens is 3. The summed E-state index contributed by atoms with van der Waals surface area (Å²) in [6, 6.07) is 19.0. The minimum absolute atomic E-state index is 0.0283. The first-order valence-corrected chi connectivity index (χ1v) is 11.7. The molecular formula is C26H30N6O. The van der Waals surface area contributed by atoms with Gasteiger partial charge in [-0.05, 0) is 68.2 Å². The van der Waals surface area contributed by atoms with E-state index in [1.54, 1.807) is 0 Å². The third-order valence-electron chi connectivity index (χ3n) is 6.14. The number of benzene rings is 2. The summed E-state index contributed by atoms with van der Waals surface area (Å²) in [5.41, 5.74) is 7.22. The summed E-state index contributed by atoms with van der Waals surface area (Å²) < 4.78 is 0. The maximum atomic E-state index is 12.1. The molecule has 1 atom stereocenters. The van der Waals surface area contributed by atoms with E-state index >= 15 is 0 Å². The predicted molar refractivity (Wildman–Crippen MR) is 133 cm³/mol. The zero-order valence-electron chi connectivity index (χ0n) is 18.9. The number of hydrogen-bond acceptors (Lipinski definition) is 4. The lowest BCUT2D eigenvalue weighted by atomic mass is 10.1. The maximum Gasteiger partial charge on any atom is 0.238 e. The van der Waals surface area contributed by atoms with Crippen molar-refractivity contribution in [2.24, 2.45) is 0 Å². The van der Waals surface area contributed by atoms with E-state index in [2.05, 4.69) is 74.5 Å². The van der Waals surface area contributed by atoms with Gasteiger partial charge in [0.25, 0.3) is 0 Å². The first kappa shape index (κ1) is 21.4. The fourth-order valence-corrected chi connectivity index (χ4v) is 4.38. The Morgan fingerprint density at radius 1 is 1.09 bits per heavy atom. The summed E-state index contributed by atoms with van der Waals surface area (Å²) in [4.78, 5) is 15.6. The smallest absolute Gasteiger partial charge is 0.238 e. The molecule has 2 aromatic carbocycles. The Bertz CT molecular complexity index is 1230. The Labute approximate surface area is 193 Å². The number of rotatable bonds is 8. The molecule has 1 fully saturated rings. The van der Waals surface area contributed by atoms with Crippen LogP contribution in [0.2, 0.25) is 0 Å².